The zero-order valence-corrected chi connectivity index (χ0v) is 21.9. The van der Waals surface area contributed by atoms with Gasteiger partial charge in [0, 0.05) is 16.5 Å². The maximum Gasteiger partial charge on any atom is 0.319 e. The number of nitrogens with zero attached hydrogens (tertiary/aromatic N) is 3. The number of carbonyl (C=O) groups excluding carboxylic acids is 1. The lowest BCUT2D eigenvalue weighted by Crippen LogP contribution is -2.29. The summed E-state index contributed by atoms with van der Waals surface area (Å²) in [6.45, 7) is 6.21. The van der Waals surface area contributed by atoms with Crippen molar-refractivity contribution in [1.82, 2.24) is 20.1 Å². The van der Waals surface area contributed by atoms with Crippen LogP contribution in [0.3, 0.4) is 0 Å². The van der Waals surface area contributed by atoms with Crippen molar-refractivity contribution in [3.8, 4) is 5.69 Å². The molecule has 0 atom stereocenters. The molecule has 0 saturated carbocycles. The molecular weight excluding hydrogens is 501 g/mol. The summed E-state index contributed by atoms with van der Waals surface area (Å²) >= 11 is 14.2. The van der Waals surface area contributed by atoms with E-state index < -0.39 is 0 Å². The van der Waals surface area contributed by atoms with Crippen LogP contribution >= 0.6 is 35.0 Å². The van der Waals surface area contributed by atoms with Gasteiger partial charge in [0.2, 0.25) is 0 Å². The summed E-state index contributed by atoms with van der Waals surface area (Å²) < 4.78 is 1.86. The van der Waals surface area contributed by atoms with E-state index in [1.54, 1.807) is 23.9 Å². The van der Waals surface area contributed by atoms with Gasteiger partial charge in [0.1, 0.15) is 0 Å². The SMILES string of the molecule is Cc1cccc(CSc2nnc(CNC(=O)Nc3cccc(C)c3C)n2-c2ccc(Cl)cc2Cl)c1. The van der Waals surface area contributed by atoms with Gasteiger partial charge in [-0.3, -0.25) is 4.57 Å². The summed E-state index contributed by atoms with van der Waals surface area (Å²) in [5, 5.41) is 16.2. The molecule has 2 N–H and O–H groups in total. The second-order valence-corrected chi connectivity index (χ2v) is 9.95. The molecule has 1 heterocycles. The van der Waals surface area contributed by atoms with Gasteiger partial charge < -0.3 is 10.6 Å². The summed E-state index contributed by atoms with van der Waals surface area (Å²) in [6.07, 6.45) is 0. The van der Waals surface area contributed by atoms with Crippen molar-refractivity contribution in [1.29, 1.82) is 0 Å². The number of benzene rings is 3. The molecule has 0 bridgehead atoms. The molecule has 0 spiro atoms. The summed E-state index contributed by atoms with van der Waals surface area (Å²) in [4.78, 5) is 12.6. The molecule has 4 rings (SSSR count). The summed E-state index contributed by atoms with van der Waals surface area (Å²) in [6, 6.07) is 19.1. The van der Waals surface area contributed by atoms with E-state index in [9.17, 15) is 4.79 Å². The number of nitrogens with one attached hydrogen (secondary N) is 2. The monoisotopic (exact) mass is 525 g/mol. The normalized spacial score (nSPS) is 10.9. The quantitative estimate of drug-likeness (QED) is 0.252. The van der Waals surface area contributed by atoms with Crippen LogP contribution in [-0.4, -0.2) is 20.8 Å². The van der Waals surface area contributed by atoms with E-state index in [1.807, 2.05) is 48.7 Å². The van der Waals surface area contributed by atoms with Crippen LogP contribution in [0.2, 0.25) is 10.0 Å². The highest BCUT2D eigenvalue weighted by molar-refractivity contribution is 7.98. The van der Waals surface area contributed by atoms with Crippen molar-refractivity contribution < 1.29 is 4.79 Å². The number of aromatic nitrogens is 3. The molecule has 0 saturated heterocycles. The van der Waals surface area contributed by atoms with E-state index in [2.05, 4.69) is 46.0 Å². The van der Waals surface area contributed by atoms with Crippen LogP contribution in [0.4, 0.5) is 10.5 Å². The first kappa shape index (κ1) is 25.1. The molecule has 0 radical (unpaired) electrons. The lowest BCUT2D eigenvalue weighted by Gasteiger charge is -2.14. The van der Waals surface area contributed by atoms with Gasteiger partial charge in [0.25, 0.3) is 0 Å². The summed E-state index contributed by atoms with van der Waals surface area (Å²) in [5.41, 5.74) is 5.96. The molecule has 3 aromatic carbocycles. The van der Waals surface area contributed by atoms with E-state index in [1.165, 1.54) is 11.1 Å². The number of carbonyl (C=O) groups is 1. The van der Waals surface area contributed by atoms with Gasteiger partial charge in [-0.25, -0.2) is 4.79 Å². The van der Waals surface area contributed by atoms with Crippen molar-refractivity contribution in [2.45, 2.75) is 38.2 Å². The zero-order chi connectivity index (χ0) is 24.9. The Morgan fingerprint density at radius 2 is 1.80 bits per heavy atom. The number of urea groups is 1. The van der Waals surface area contributed by atoms with Gasteiger partial charge in [-0.2, -0.15) is 0 Å². The minimum absolute atomic E-state index is 0.160. The third-order valence-electron chi connectivity index (χ3n) is 5.56. The van der Waals surface area contributed by atoms with Gasteiger partial charge in [-0.15, -0.1) is 10.2 Å². The first-order chi connectivity index (χ1) is 16.8. The van der Waals surface area contributed by atoms with Crippen LogP contribution in [0.15, 0.2) is 65.8 Å². The highest BCUT2D eigenvalue weighted by Crippen LogP contribution is 2.31. The summed E-state index contributed by atoms with van der Waals surface area (Å²) in [5.74, 6) is 1.27. The average Bonchev–Trinajstić information content (AvgIpc) is 3.22. The second kappa shape index (κ2) is 11.2. The topological polar surface area (TPSA) is 71.8 Å². The Bertz CT molecular complexity index is 1370. The van der Waals surface area contributed by atoms with E-state index in [0.29, 0.717) is 32.5 Å². The smallest absolute Gasteiger partial charge is 0.319 e. The van der Waals surface area contributed by atoms with E-state index in [0.717, 1.165) is 16.8 Å². The van der Waals surface area contributed by atoms with Crippen LogP contribution in [0.25, 0.3) is 5.69 Å². The fraction of sp³-hybridized carbons (Fsp3) is 0.192. The number of anilines is 1. The standard InChI is InChI=1S/C26H25Cl2N5OS/c1-16-6-4-8-19(12-16)15-35-26-32-31-24(33(26)23-11-10-20(27)13-21(23)28)14-29-25(34)30-22-9-5-7-17(2)18(22)3/h4-13H,14-15H2,1-3H3,(H2,29,30,34). The van der Waals surface area contributed by atoms with Gasteiger partial charge in [0.05, 0.1) is 17.3 Å². The van der Waals surface area contributed by atoms with Crippen molar-refractivity contribution in [3.63, 3.8) is 0 Å². The minimum atomic E-state index is -0.329. The number of hydrogen-bond donors (Lipinski definition) is 2. The highest BCUT2D eigenvalue weighted by atomic mass is 35.5. The lowest BCUT2D eigenvalue weighted by atomic mass is 10.1. The van der Waals surface area contributed by atoms with Crippen LogP contribution in [-0.2, 0) is 12.3 Å². The van der Waals surface area contributed by atoms with Gasteiger partial charge in [-0.1, -0.05) is 76.9 Å². The fourth-order valence-corrected chi connectivity index (χ4v) is 4.97. The molecule has 180 valence electrons. The Morgan fingerprint density at radius 3 is 2.57 bits per heavy atom. The van der Waals surface area contributed by atoms with Crippen LogP contribution in [0, 0.1) is 20.8 Å². The molecule has 4 aromatic rings. The molecule has 0 aliphatic carbocycles. The van der Waals surface area contributed by atoms with Crippen molar-refractivity contribution in [2.24, 2.45) is 0 Å². The Hall–Kier alpha value is -3.00. The highest BCUT2D eigenvalue weighted by Gasteiger charge is 2.18. The lowest BCUT2D eigenvalue weighted by molar-refractivity contribution is 0.251. The number of hydrogen-bond acceptors (Lipinski definition) is 4. The molecule has 1 aromatic heterocycles. The second-order valence-electron chi connectivity index (χ2n) is 8.16. The van der Waals surface area contributed by atoms with Crippen molar-refractivity contribution >= 4 is 46.7 Å². The average molecular weight is 526 g/mol. The molecule has 2 amide bonds. The third kappa shape index (κ3) is 6.17. The van der Waals surface area contributed by atoms with Gasteiger partial charge in [0.15, 0.2) is 11.0 Å². The maximum atomic E-state index is 12.6. The van der Waals surface area contributed by atoms with Crippen molar-refractivity contribution in [2.75, 3.05) is 5.32 Å². The molecule has 35 heavy (non-hydrogen) atoms. The molecule has 0 aliphatic rings. The Balaban J connectivity index is 1.56. The Labute approximate surface area is 219 Å². The zero-order valence-electron chi connectivity index (χ0n) is 19.6. The van der Waals surface area contributed by atoms with Crippen LogP contribution in [0.1, 0.15) is 28.1 Å². The Kier molecular flexibility index (Phi) is 8.00. The predicted molar refractivity (Wildman–Crippen MR) is 144 cm³/mol. The van der Waals surface area contributed by atoms with E-state index in [-0.39, 0.29) is 12.6 Å². The van der Waals surface area contributed by atoms with Crippen molar-refractivity contribution in [3.05, 3.63) is 98.8 Å². The third-order valence-corrected chi connectivity index (χ3v) is 7.10. The number of aryl methyl sites for hydroxylation is 2. The Morgan fingerprint density at radius 1 is 1.00 bits per heavy atom. The predicted octanol–water partition coefficient (Wildman–Crippen LogP) is 7.11. The van der Waals surface area contributed by atoms with E-state index >= 15 is 0 Å². The van der Waals surface area contributed by atoms with Crippen LogP contribution in [0.5, 0.6) is 0 Å². The molecule has 0 aliphatic heterocycles. The molecule has 0 unspecified atom stereocenters. The number of rotatable bonds is 7. The first-order valence-electron chi connectivity index (χ1n) is 11.0. The number of halogens is 2. The van der Waals surface area contributed by atoms with Crippen LogP contribution < -0.4 is 10.6 Å². The molecule has 9 heteroatoms. The number of amides is 2. The maximum absolute atomic E-state index is 12.6. The molecular formula is C26H25Cl2N5OS. The van der Waals surface area contributed by atoms with Gasteiger partial charge in [-0.05, 0) is 61.7 Å². The number of thioether (sulfide) groups is 1. The summed E-state index contributed by atoms with van der Waals surface area (Å²) in [7, 11) is 0. The molecule has 0 fully saturated rings. The largest absolute Gasteiger partial charge is 0.331 e. The minimum Gasteiger partial charge on any atom is -0.331 e. The first-order valence-corrected chi connectivity index (χ1v) is 12.7. The van der Waals surface area contributed by atoms with E-state index in [4.69, 9.17) is 23.2 Å². The van der Waals surface area contributed by atoms with Gasteiger partial charge >= 0.3 is 6.03 Å². The fourth-order valence-electron chi connectivity index (χ4n) is 3.58. The molecule has 6 nitrogen and oxygen atoms in total.